The van der Waals surface area contributed by atoms with E-state index in [9.17, 15) is 9.59 Å². The van der Waals surface area contributed by atoms with Crippen molar-refractivity contribution in [2.45, 2.75) is 40.2 Å². The Balaban J connectivity index is 1.76. The molecule has 0 aliphatic rings. The fourth-order valence-corrected chi connectivity index (χ4v) is 2.65. The molecule has 0 radical (unpaired) electrons. The highest BCUT2D eigenvalue weighted by molar-refractivity contribution is 5.90. The number of anilines is 1. The van der Waals surface area contributed by atoms with Gasteiger partial charge in [0.25, 0.3) is 11.4 Å². The highest BCUT2D eigenvalue weighted by Gasteiger charge is 2.12. The van der Waals surface area contributed by atoms with E-state index < -0.39 is 0 Å². The van der Waals surface area contributed by atoms with Gasteiger partial charge in [-0.2, -0.15) is 4.98 Å². The van der Waals surface area contributed by atoms with Crippen LogP contribution in [0.25, 0.3) is 11.5 Å². The predicted octanol–water partition coefficient (Wildman–Crippen LogP) is 3.11. The van der Waals surface area contributed by atoms with Gasteiger partial charge < -0.3 is 14.4 Å². The minimum Gasteiger partial charge on any atom is -0.334 e. The van der Waals surface area contributed by atoms with Crippen LogP contribution < -0.4 is 10.9 Å². The molecule has 140 valence electrons. The van der Waals surface area contributed by atoms with Gasteiger partial charge in [-0.15, -0.1) is 0 Å². The van der Waals surface area contributed by atoms with E-state index in [-0.39, 0.29) is 18.0 Å². The second kappa shape index (κ2) is 7.99. The van der Waals surface area contributed by atoms with Crippen LogP contribution in [0.15, 0.2) is 45.8 Å². The molecule has 7 heteroatoms. The van der Waals surface area contributed by atoms with Crippen LogP contribution in [0.5, 0.6) is 0 Å². The summed E-state index contributed by atoms with van der Waals surface area (Å²) in [4.78, 5) is 28.8. The molecule has 2 heterocycles. The van der Waals surface area contributed by atoms with Crippen LogP contribution in [-0.4, -0.2) is 20.6 Å². The SMILES string of the molecule is CCCc1noc(-c2ccc(=O)n(CC(=O)Nc3ccc(C)c(C)c3)c2)n1. The summed E-state index contributed by atoms with van der Waals surface area (Å²) >= 11 is 0. The standard InChI is InChI=1S/C20H22N4O3/c1-4-5-17-22-20(27-23-17)15-7-9-19(26)24(11-15)12-18(25)21-16-8-6-13(2)14(3)10-16/h6-11H,4-5,12H2,1-3H3,(H,21,25). The summed E-state index contributed by atoms with van der Waals surface area (Å²) in [6.07, 6.45) is 3.20. The van der Waals surface area contributed by atoms with Crippen molar-refractivity contribution in [2.24, 2.45) is 0 Å². The normalized spacial score (nSPS) is 10.8. The molecular weight excluding hydrogens is 344 g/mol. The Labute approximate surface area is 157 Å². The van der Waals surface area contributed by atoms with Crippen molar-refractivity contribution >= 4 is 11.6 Å². The van der Waals surface area contributed by atoms with Crippen molar-refractivity contribution in [3.63, 3.8) is 0 Å². The lowest BCUT2D eigenvalue weighted by molar-refractivity contribution is -0.116. The second-order valence-corrected chi connectivity index (χ2v) is 6.50. The van der Waals surface area contributed by atoms with Crippen molar-refractivity contribution in [3.05, 3.63) is 63.8 Å². The first-order valence-electron chi connectivity index (χ1n) is 8.87. The monoisotopic (exact) mass is 366 g/mol. The van der Waals surface area contributed by atoms with Gasteiger partial charge in [0, 0.05) is 24.4 Å². The Morgan fingerprint density at radius 3 is 2.74 bits per heavy atom. The maximum absolute atomic E-state index is 12.3. The number of hydrogen-bond acceptors (Lipinski definition) is 5. The lowest BCUT2D eigenvalue weighted by Gasteiger charge is -2.09. The van der Waals surface area contributed by atoms with Crippen LogP contribution in [0.2, 0.25) is 0 Å². The number of amides is 1. The number of hydrogen-bond donors (Lipinski definition) is 1. The fraction of sp³-hybridized carbons (Fsp3) is 0.300. The maximum Gasteiger partial charge on any atom is 0.259 e. The Hall–Kier alpha value is -3.22. The third-order valence-electron chi connectivity index (χ3n) is 4.28. The molecule has 0 aliphatic heterocycles. The van der Waals surface area contributed by atoms with Gasteiger partial charge in [-0.05, 0) is 49.6 Å². The molecule has 0 aliphatic carbocycles. The van der Waals surface area contributed by atoms with Crippen LogP contribution >= 0.6 is 0 Å². The number of rotatable bonds is 6. The van der Waals surface area contributed by atoms with Gasteiger partial charge in [-0.3, -0.25) is 9.59 Å². The average Bonchev–Trinajstić information content (AvgIpc) is 3.09. The summed E-state index contributed by atoms with van der Waals surface area (Å²) in [7, 11) is 0. The van der Waals surface area contributed by atoms with E-state index >= 15 is 0 Å². The Bertz CT molecular complexity index is 1020. The number of nitrogens with one attached hydrogen (secondary N) is 1. The van der Waals surface area contributed by atoms with Gasteiger partial charge in [-0.1, -0.05) is 18.1 Å². The third kappa shape index (κ3) is 4.49. The number of pyridine rings is 1. The molecule has 0 spiro atoms. The van der Waals surface area contributed by atoms with Crippen LogP contribution in [0.3, 0.4) is 0 Å². The first-order chi connectivity index (χ1) is 13.0. The molecule has 0 unspecified atom stereocenters. The first kappa shape index (κ1) is 18.6. The molecule has 1 aromatic carbocycles. The summed E-state index contributed by atoms with van der Waals surface area (Å²) in [6, 6.07) is 8.69. The average molecular weight is 366 g/mol. The third-order valence-corrected chi connectivity index (χ3v) is 4.28. The van der Waals surface area contributed by atoms with E-state index in [0.29, 0.717) is 23.0 Å². The van der Waals surface area contributed by atoms with Crippen molar-refractivity contribution in [3.8, 4) is 11.5 Å². The molecular formula is C20H22N4O3. The summed E-state index contributed by atoms with van der Waals surface area (Å²) in [5.74, 6) is 0.675. The second-order valence-electron chi connectivity index (χ2n) is 6.50. The summed E-state index contributed by atoms with van der Waals surface area (Å²) in [6.45, 7) is 5.92. The summed E-state index contributed by atoms with van der Waals surface area (Å²) in [5, 5.41) is 6.73. The van der Waals surface area contributed by atoms with E-state index in [1.807, 2.05) is 39.0 Å². The molecule has 1 amide bonds. The molecule has 7 nitrogen and oxygen atoms in total. The topological polar surface area (TPSA) is 90.0 Å². The summed E-state index contributed by atoms with van der Waals surface area (Å²) in [5.41, 5.74) is 3.27. The zero-order valence-electron chi connectivity index (χ0n) is 15.7. The van der Waals surface area contributed by atoms with Crippen LogP contribution in [-0.2, 0) is 17.8 Å². The number of aryl methyl sites for hydroxylation is 3. The van der Waals surface area contributed by atoms with Crippen molar-refractivity contribution in [1.82, 2.24) is 14.7 Å². The van der Waals surface area contributed by atoms with E-state index in [0.717, 1.165) is 24.0 Å². The zero-order valence-corrected chi connectivity index (χ0v) is 15.7. The highest BCUT2D eigenvalue weighted by atomic mass is 16.5. The molecule has 3 aromatic rings. The quantitative estimate of drug-likeness (QED) is 0.724. The molecule has 0 saturated carbocycles. The molecule has 1 N–H and O–H groups in total. The maximum atomic E-state index is 12.3. The lowest BCUT2D eigenvalue weighted by atomic mass is 10.1. The van der Waals surface area contributed by atoms with Gasteiger partial charge in [0.2, 0.25) is 5.91 Å². The summed E-state index contributed by atoms with van der Waals surface area (Å²) < 4.78 is 6.57. The molecule has 0 fully saturated rings. The molecule has 3 rings (SSSR count). The minimum atomic E-state index is -0.283. The largest absolute Gasteiger partial charge is 0.334 e. The van der Waals surface area contributed by atoms with E-state index in [1.165, 1.54) is 10.6 Å². The van der Waals surface area contributed by atoms with E-state index in [4.69, 9.17) is 4.52 Å². The lowest BCUT2D eigenvalue weighted by Crippen LogP contribution is -2.26. The Kier molecular flexibility index (Phi) is 5.49. The van der Waals surface area contributed by atoms with E-state index in [2.05, 4.69) is 15.5 Å². The number of aromatic nitrogens is 3. The first-order valence-corrected chi connectivity index (χ1v) is 8.87. The van der Waals surface area contributed by atoms with Crippen molar-refractivity contribution < 1.29 is 9.32 Å². The van der Waals surface area contributed by atoms with Crippen molar-refractivity contribution in [2.75, 3.05) is 5.32 Å². The van der Waals surface area contributed by atoms with Crippen LogP contribution in [0, 0.1) is 13.8 Å². The molecule has 0 bridgehead atoms. The fourth-order valence-electron chi connectivity index (χ4n) is 2.65. The number of benzene rings is 1. The van der Waals surface area contributed by atoms with Crippen LogP contribution in [0.1, 0.15) is 30.3 Å². The predicted molar refractivity (Wildman–Crippen MR) is 103 cm³/mol. The van der Waals surface area contributed by atoms with Gasteiger partial charge >= 0.3 is 0 Å². The van der Waals surface area contributed by atoms with E-state index in [1.54, 1.807) is 12.3 Å². The van der Waals surface area contributed by atoms with Crippen molar-refractivity contribution in [1.29, 1.82) is 0 Å². The number of nitrogens with zero attached hydrogens (tertiary/aromatic N) is 3. The number of carbonyl (C=O) groups is 1. The Morgan fingerprint density at radius 1 is 1.19 bits per heavy atom. The van der Waals surface area contributed by atoms with Gasteiger partial charge in [0.15, 0.2) is 5.82 Å². The highest BCUT2D eigenvalue weighted by Crippen LogP contribution is 2.16. The molecule has 2 aromatic heterocycles. The van der Waals surface area contributed by atoms with Gasteiger partial charge in [-0.25, -0.2) is 0 Å². The Morgan fingerprint density at radius 2 is 2.00 bits per heavy atom. The zero-order chi connectivity index (χ0) is 19.4. The number of carbonyl (C=O) groups excluding carboxylic acids is 1. The molecule has 0 saturated heterocycles. The smallest absolute Gasteiger partial charge is 0.259 e. The van der Waals surface area contributed by atoms with Gasteiger partial charge in [0.05, 0.1) is 5.56 Å². The van der Waals surface area contributed by atoms with Gasteiger partial charge in [0.1, 0.15) is 6.54 Å². The molecule has 0 atom stereocenters. The van der Waals surface area contributed by atoms with Crippen LogP contribution in [0.4, 0.5) is 5.69 Å². The minimum absolute atomic E-state index is 0.102. The molecule has 27 heavy (non-hydrogen) atoms.